The minimum Gasteiger partial charge on any atom is -0.383 e. The lowest BCUT2D eigenvalue weighted by Crippen LogP contribution is -2.40. The van der Waals surface area contributed by atoms with Gasteiger partial charge in [0.15, 0.2) is 0 Å². The van der Waals surface area contributed by atoms with Crippen molar-refractivity contribution in [3.05, 3.63) is 34.0 Å². The normalized spacial score (nSPS) is 10.7. The molecule has 8 heteroatoms. The number of rotatable bonds is 8. The van der Waals surface area contributed by atoms with E-state index < -0.39 is 0 Å². The third-order valence-corrected chi connectivity index (χ3v) is 4.23. The Labute approximate surface area is 140 Å². The first-order valence-corrected chi connectivity index (χ1v) is 8.42. The van der Waals surface area contributed by atoms with Crippen LogP contribution in [0.25, 0.3) is 0 Å². The van der Waals surface area contributed by atoms with Gasteiger partial charge in [-0.25, -0.2) is 9.78 Å². The molecule has 0 aliphatic rings. The van der Waals surface area contributed by atoms with Gasteiger partial charge in [-0.05, 0) is 6.42 Å². The highest BCUT2D eigenvalue weighted by molar-refractivity contribution is 7.09. The molecule has 0 saturated heterocycles. The van der Waals surface area contributed by atoms with Crippen LogP contribution in [0.5, 0.6) is 0 Å². The third kappa shape index (κ3) is 5.33. The second-order valence-electron chi connectivity index (χ2n) is 5.18. The number of nitrogens with zero attached hydrogens (tertiary/aromatic N) is 4. The monoisotopic (exact) mass is 337 g/mol. The van der Waals surface area contributed by atoms with Gasteiger partial charge in [-0.1, -0.05) is 6.92 Å². The second kappa shape index (κ2) is 8.64. The minimum atomic E-state index is -0.126. The first-order chi connectivity index (χ1) is 11.1. The SMILES string of the molecule is CCc1csc(CNC(=O)N(CCOC)Cc2cnn(C)c2)n1. The van der Waals surface area contributed by atoms with E-state index in [1.54, 1.807) is 34.2 Å². The number of urea groups is 1. The molecule has 7 nitrogen and oxygen atoms in total. The van der Waals surface area contributed by atoms with Crippen LogP contribution in [0.4, 0.5) is 4.79 Å². The van der Waals surface area contributed by atoms with Gasteiger partial charge in [0, 0.05) is 37.8 Å². The van der Waals surface area contributed by atoms with Crippen LogP contribution in [0.3, 0.4) is 0 Å². The summed E-state index contributed by atoms with van der Waals surface area (Å²) in [4.78, 5) is 18.6. The topological polar surface area (TPSA) is 72.3 Å². The zero-order valence-electron chi connectivity index (χ0n) is 13.8. The van der Waals surface area contributed by atoms with Crippen LogP contribution >= 0.6 is 11.3 Å². The summed E-state index contributed by atoms with van der Waals surface area (Å²) in [5.41, 5.74) is 2.05. The number of aromatic nitrogens is 3. The molecular formula is C15H23N5O2S. The molecule has 0 saturated carbocycles. The Morgan fingerprint density at radius 1 is 1.52 bits per heavy atom. The minimum absolute atomic E-state index is 0.126. The molecule has 0 spiro atoms. The summed E-state index contributed by atoms with van der Waals surface area (Å²) in [7, 11) is 3.48. The molecule has 2 amide bonds. The van der Waals surface area contributed by atoms with Gasteiger partial charge in [0.1, 0.15) is 5.01 Å². The van der Waals surface area contributed by atoms with Crippen molar-refractivity contribution in [1.82, 2.24) is 25.0 Å². The summed E-state index contributed by atoms with van der Waals surface area (Å²) in [5, 5.41) is 10.0. The summed E-state index contributed by atoms with van der Waals surface area (Å²) in [5.74, 6) is 0. The van der Waals surface area contributed by atoms with Gasteiger partial charge >= 0.3 is 6.03 Å². The van der Waals surface area contributed by atoms with E-state index in [1.165, 1.54) is 0 Å². The van der Waals surface area contributed by atoms with Crippen LogP contribution in [0.15, 0.2) is 17.8 Å². The Bertz CT molecular complexity index is 625. The Kier molecular flexibility index (Phi) is 6.54. The average molecular weight is 337 g/mol. The fraction of sp³-hybridized carbons (Fsp3) is 0.533. The van der Waals surface area contributed by atoms with E-state index in [2.05, 4.69) is 22.3 Å². The maximum Gasteiger partial charge on any atom is 0.318 e. The first-order valence-electron chi connectivity index (χ1n) is 7.55. The van der Waals surface area contributed by atoms with Crippen molar-refractivity contribution in [2.75, 3.05) is 20.3 Å². The van der Waals surface area contributed by atoms with E-state index in [9.17, 15) is 4.79 Å². The van der Waals surface area contributed by atoms with Crippen molar-refractivity contribution in [1.29, 1.82) is 0 Å². The van der Waals surface area contributed by atoms with Gasteiger partial charge in [-0.3, -0.25) is 4.68 Å². The quantitative estimate of drug-likeness (QED) is 0.797. The molecule has 0 bridgehead atoms. The molecule has 2 aromatic heterocycles. The van der Waals surface area contributed by atoms with Gasteiger partial charge in [0.2, 0.25) is 0 Å². The number of thiazole rings is 1. The first kappa shape index (κ1) is 17.4. The van der Waals surface area contributed by atoms with Crippen LogP contribution in [-0.4, -0.2) is 46.0 Å². The van der Waals surface area contributed by atoms with Crippen molar-refractivity contribution in [2.24, 2.45) is 7.05 Å². The van der Waals surface area contributed by atoms with E-state index in [0.29, 0.717) is 26.2 Å². The summed E-state index contributed by atoms with van der Waals surface area (Å²) in [6.07, 6.45) is 4.58. The van der Waals surface area contributed by atoms with Crippen LogP contribution in [0, 0.1) is 0 Å². The third-order valence-electron chi connectivity index (χ3n) is 3.34. The molecule has 0 radical (unpaired) electrons. The zero-order chi connectivity index (χ0) is 16.7. The number of hydrogen-bond donors (Lipinski definition) is 1. The number of aryl methyl sites for hydroxylation is 2. The Hall–Kier alpha value is -1.93. The number of hydrogen-bond acceptors (Lipinski definition) is 5. The number of amides is 2. The summed E-state index contributed by atoms with van der Waals surface area (Å²) < 4.78 is 6.82. The molecule has 0 atom stereocenters. The average Bonchev–Trinajstić information content (AvgIpc) is 3.17. The Balaban J connectivity index is 1.92. The largest absolute Gasteiger partial charge is 0.383 e. The van der Waals surface area contributed by atoms with E-state index in [4.69, 9.17) is 4.74 Å². The highest BCUT2D eigenvalue weighted by atomic mass is 32.1. The highest BCUT2D eigenvalue weighted by Crippen LogP contribution is 2.10. The van der Waals surface area contributed by atoms with Crippen molar-refractivity contribution in [3.8, 4) is 0 Å². The van der Waals surface area contributed by atoms with Crippen LogP contribution in [-0.2, 0) is 31.3 Å². The van der Waals surface area contributed by atoms with Crippen LogP contribution in [0.1, 0.15) is 23.2 Å². The Morgan fingerprint density at radius 3 is 2.96 bits per heavy atom. The van der Waals surface area contributed by atoms with Gasteiger partial charge in [0.25, 0.3) is 0 Å². The zero-order valence-corrected chi connectivity index (χ0v) is 14.6. The van der Waals surface area contributed by atoms with Crippen molar-refractivity contribution in [2.45, 2.75) is 26.4 Å². The van der Waals surface area contributed by atoms with Gasteiger partial charge in [0.05, 0.1) is 31.6 Å². The van der Waals surface area contributed by atoms with Crippen molar-refractivity contribution >= 4 is 17.4 Å². The van der Waals surface area contributed by atoms with Gasteiger partial charge in [-0.15, -0.1) is 11.3 Å². The second-order valence-corrected chi connectivity index (χ2v) is 6.12. The van der Waals surface area contributed by atoms with E-state index in [0.717, 1.165) is 22.7 Å². The lowest BCUT2D eigenvalue weighted by Gasteiger charge is -2.22. The van der Waals surface area contributed by atoms with Gasteiger partial charge in [-0.2, -0.15) is 5.10 Å². The Morgan fingerprint density at radius 2 is 2.35 bits per heavy atom. The molecular weight excluding hydrogens is 314 g/mol. The lowest BCUT2D eigenvalue weighted by molar-refractivity contribution is 0.146. The van der Waals surface area contributed by atoms with Gasteiger partial charge < -0.3 is 15.0 Å². The fourth-order valence-corrected chi connectivity index (χ4v) is 2.90. The van der Waals surface area contributed by atoms with Crippen molar-refractivity contribution < 1.29 is 9.53 Å². The molecule has 2 heterocycles. The maximum atomic E-state index is 12.4. The molecule has 126 valence electrons. The van der Waals surface area contributed by atoms with Crippen LogP contribution in [0.2, 0.25) is 0 Å². The van der Waals surface area contributed by atoms with Crippen LogP contribution < -0.4 is 5.32 Å². The molecule has 0 unspecified atom stereocenters. The van der Waals surface area contributed by atoms with Crippen molar-refractivity contribution in [3.63, 3.8) is 0 Å². The molecule has 2 rings (SSSR count). The number of carbonyl (C=O) groups excluding carboxylic acids is 1. The number of ether oxygens (including phenoxy) is 1. The smallest absolute Gasteiger partial charge is 0.318 e. The van der Waals surface area contributed by atoms with E-state index in [-0.39, 0.29) is 6.03 Å². The number of nitrogens with one attached hydrogen (secondary N) is 1. The molecule has 0 aromatic carbocycles. The standard InChI is InChI=1S/C15H23N5O2S/c1-4-13-11-23-14(18-13)8-16-15(21)20(5-6-22-3)10-12-7-17-19(2)9-12/h7,9,11H,4-6,8,10H2,1-3H3,(H,16,21). The summed E-state index contributed by atoms with van der Waals surface area (Å²) in [6, 6.07) is -0.126. The molecule has 1 N–H and O–H groups in total. The number of methoxy groups -OCH3 is 1. The predicted octanol–water partition coefficient (Wildman–Crippen LogP) is 1.80. The fourth-order valence-electron chi connectivity index (χ4n) is 2.08. The summed E-state index contributed by atoms with van der Waals surface area (Å²) in [6.45, 7) is 4.03. The summed E-state index contributed by atoms with van der Waals surface area (Å²) >= 11 is 1.57. The van der Waals surface area contributed by atoms with E-state index >= 15 is 0 Å². The highest BCUT2D eigenvalue weighted by Gasteiger charge is 2.15. The molecule has 0 aliphatic heterocycles. The maximum absolute atomic E-state index is 12.4. The molecule has 2 aromatic rings. The number of carbonyl (C=O) groups is 1. The molecule has 23 heavy (non-hydrogen) atoms. The predicted molar refractivity (Wildman–Crippen MR) is 89.2 cm³/mol. The lowest BCUT2D eigenvalue weighted by atomic mass is 10.3. The molecule has 0 fully saturated rings. The van der Waals surface area contributed by atoms with E-state index in [1.807, 2.05) is 18.6 Å². The molecule has 0 aliphatic carbocycles.